The number of hydrogen-bond acceptors (Lipinski definition) is 2. The highest BCUT2D eigenvalue weighted by Crippen LogP contribution is 2.16. The molecule has 0 aliphatic carbocycles. The highest BCUT2D eigenvalue weighted by atomic mass is 16.1. The predicted molar refractivity (Wildman–Crippen MR) is 102 cm³/mol. The Bertz CT molecular complexity index is 926. The topological polar surface area (TPSA) is 51.5 Å². The zero-order valence-electron chi connectivity index (χ0n) is 15.4. The van der Waals surface area contributed by atoms with E-state index < -0.39 is 0 Å². The van der Waals surface area contributed by atoms with Crippen LogP contribution in [-0.4, -0.2) is 16.1 Å². The number of nitrogens with zero attached hydrogens (tertiary/aromatic N) is 2. The highest BCUT2D eigenvalue weighted by Gasteiger charge is 2.20. The van der Waals surface area contributed by atoms with Gasteiger partial charge in [0.2, 0.25) is 0 Å². The molecule has 0 saturated carbocycles. The first-order valence-electron chi connectivity index (χ1n) is 8.89. The third-order valence-corrected chi connectivity index (χ3v) is 4.46. The fourth-order valence-corrected chi connectivity index (χ4v) is 2.98. The van der Waals surface area contributed by atoms with Crippen LogP contribution in [-0.2, 0) is 0 Å². The van der Waals surface area contributed by atoms with Gasteiger partial charge in [-0.2, -0.15) is 0 Å². The summed E-state index contributed by atoms with van der Waals surface area (Å²) in [7, 11) is 0. The molecule has 1 aromatic heterocycles. The molecule has 0 saturated heterocycles. The lowest BCUT2D eigenvalue weighted by atomic mass is 10.1. The average Bonchev–Trinajstić information content (AvgIpc) is 2.60. The van der Waals surface area contributed by atoms with Gasteiger partial charge in [-0.3, -0.25) is 9.36 Å². The Morgan fingerprint density at radius 1 is 1.04 bits per heavy atom. The monoisotopic (exact) mass is 336 g/mol. The molecule has 4 nitrogen and oxygen atoms in total. The molecule has 2 aromatic carbocycles. The van der Waals surface area contributed by atoms with E-state index in [2.05, 4.69) is 26.1 Å². The van der Waals surface area contributed by atoms with E-state index in [1.54, 1.807) is 4.57 Å². The van der Waals surface area contributed by atoms with Crippen molar-refractivity contribution in [2.75, 3.05) is 6.54 Å². The van der Waals surface area contributed by atoms with Crippen molar-refractivity contribution >= 4 is 10.9 Å². The molecule has 25 heavy (non-hydrogen) atoms. The van der Waals surface area contributed by atoms with E-state index in [4.69, 9.17) is 4.98 Å². The van der Waals surface area contributed by atoms with Gasteiger partial charge in [-0.15, -0.1) is 0 Å². The van der Waals surface area contributed by atoms with Crippen LogP contribution >= 0.6 is 0 Å². The standard InChI is InChI=1S/C21H25N3O/c1-14(2)13-22-16(4)20-23-19-8-6-5-7-18(19)21(25)24(20)17-11-9-15(3)10-12-17/h5-12,14,16,22H,13H2,1-4H3/p+1/t16-/m0/s1. The molecule has 0 aliphatic heterocycles. The third kappa shape index (κ3) is 3.64. The van der Waals surface area contributed by atoms with Crippen molar-refractivity contribution < 1.29 is 5.32 Å². The highest BCUT2D eigenvalue weighted by molar-refractivity contribution is 5.77. The van der Waals surface area contributed by atoms with Crippen LogP contribution in [0.25, 0.3) is 16.6 Å². The normalized spacial score (nSPS) is 12.7. The summed E-state index contributed by atoms with van der Waals surface area (Å²) in [6.07, 6.45) is 0. The van der Waals surface area contributed by atoms with E-state index in [1.165, 1.54) is 5.56 Å². The maximum absolute atomic E-state index is 13.2. The van der Waals surface area contributed by atoms with Crippen molar-refractivity contribution in [2.45, 2.75) is 33.7 Å². The van der Waals surface area contributed by atoms with Crippen LogP contribution in [0.5, 0.6) is 0 Å². The number of rotatable bonds is 5. The van der Waals surface area contributed by atoms with Crippen LogP contribution in [0.4, 0.5) is 0 Å². The Hall–Kier alpha value is -2.46. The fraction of sp³-hybridized carbons (Fsp3) is 0.333. The maximum atomic E-state index is 13.2. The summed E-state index contributed by atoms with van der Waals surface area (Å²) in [6.45, 7) is 9.56. The molecule has 0 fully saturated rings. The Labute approximate surface area is 148 Å². The van der Waals surface area contributed by atoms with Crippen LogP contribution in [0.2, 0.25) is 0 Å². The molecular weight excluding hydrogens is 310 g/mol. The summed E-state index contributed by atoms with van der Waals surface area (Å²) < 4.78 is 1.77. The maximum Gasteiger partial charge on any atom is 0.266 e. The largest absolute Gasteiger partial charge is 0.338 e. The van der Waals surface area contributed by atoms with Crippen LogP contribution in [0.3, 0.4) is 0 Å². The molecule has 0 spiro atoms. The van der Waals surface area contributed by atoms with E-state index >= 15 is 0 Å². The van der Waals surface area contributed by atoms with Crippen molar-refractivity contribution in [1.82, 2.24) is 9.55 Å². The van der Waals surface area contributed by atoms with Crippen molar-refractivity contribution in [3.63, 3.8) is 0 Å². The van der Waals surface area contributed by atoms with Gasteiger partial charge in [0, 0.05) is 5.92 Å². The second kappa shape index (κ2) is 7.19. The number of benzene rings is 2. The first-order chi connectivity index (χ1) is 12.0. The van der Waals surface area contributed by atoms with Gasteiger partial charge in [0.15, 0.2) is 5.82 Å². The van der Waals surface area contributed by atoms with E-state index in [9.17, 15) is 4.79 Å². The van der Waals surface area contributed by atoms with Gasteiger partial charge in [0.05, 0.1) is 23.1 Å². The summed E-state index contributed by atoms with van der Waals surface area (Å²) in [6, 6.07) is 15.7. The molecule has 4 heteroatoms. The molecule has 0 amide bonds. The molecule has 130 valence electrons. The van der Waals surface area contributed by atoms with Crippen LogP contribution in [0.15, 0.2) is 53.3 Å². The average molecular weight is 336 g/mol. The van der Waals surface area contributed by atoms with Gasteiger partial charge in [0.25, 0.3) is 5.56 Å². The minimum absolute atomic E-state index is 0.00532. The number of aryl methyl sites for hydroxylation is 1. The van der Waals surface area contributed by atoms with Crippen molar-refractivity contribution in [3.8, 4) is 5.69 Å². The molecule has 1 heterocycles. The van der Waals surface area contributed by atoms with Crippen molar-refractivity contribution in [2.24, 2.45) is 5.92 Å². The minimum atomic E-state index is -0.00532. The number of fused-ring (bicyclic) bond motifs is 1. The van der Waals surface area contributed by atoms with Crippen LogP contribution < -0.4 is 10.9 Å². The molecule has 2 N–H and O–H groups in total. The van der Waals surface area contributed by atoms with Gasteiger partial charge in [-0.25, -0.2) is 4.98 Å². The van der Waals surface area contributed by atoms with E-state index in [1.807, 2.05) is 55.5 Å². The second-order valence-corrected chi connectivity index (χ2v) is 7.12. The zero-order chi connectivity index (χ0) is 18.0. The molecule has 0 bridgehead atoms. The lowest BCUT2D eigenvalue weighted by Gasteiger charge is -2.18. The minimum Gasteiger partial charge on any atom is -0.338 e. The van der Waals surface area contributed by atoms with Crippen LogP contribution in [0.1, 0.15) is 38.2 Å². The number of hydrogen-bond donors (Lipinski definition) is 1. The zero-order valence-corrected chi connectivity index (χ0v) is 15.4. The van der Waals surface area contributed by atoms with Crippen molar-refractivity contribution in [1.29, 1.82) is 0 Å². The number of nitrogens with two attached hydrogens (primary N) is 1. The Morgan fingerprint density at radius 2 is 1.72 bits per heavy atom. The lowest BCUT2D eigenvalue weighted by molar-refractivity contribution is -0.698. The number of quaternary nitrogens is 1. The lowest BCUT2D eigenvalue weighted by Crippen LogP contribution is -2.86. The Kier molecular flexibility index (Phi) is 5.00. The first-order valence-corrected chi connectivity index (χ1v) is 8.89. The first kappa shape index (κ1) is 17.4. The molecule has 1 atom stereocenters. The Balaban J connectivity index is 2.20. The van der Waals surface area contributed by atoms with Gasteiger partial charge in [-0.1, -0.05) is 43.7 Å². The summed E-state index contributed by atoms with van der Waals surface area (Å²) in [5.41, 5.74) is 2.80. The second-order valence-electron chi connectivity index (χ2n) is 7.12. The van der Waals surface area contributed by atoms with Gasteiger partial charge < -0.3 is 5.32 Å². The molecular formula is C21H26N3O+. The van der Waals surface area contributed by atoms with Gasteiger partial charge in [0.1, 0.15) is 6.04 Å². The third-order valence-electron chi connectivity index (χ3n) is 4.46. The molecule has 3 rings (SSSR count). The molecule has 3 aromatic rings. The summed E-state index contributed by atoms with van der Waals surface area (Å²) in [5, 5.41) is 2.91. The SMILES string of the molecule is Cc1ccc(-n2c([C@H](C)[NH2+]CC(C)C)nc3ccccc3c2=O)cc1. The number of aromatic nitrogens is 2. The quantitative estimate of drug-likeness (QED) is 0.779. The van der Waals surface area contributed by atoms with E-state index in [0.717, 1.165) is 23.6 Å². The summed E-state index contributed by atoms with van der Waals surface area (Å²) in [4.78, 5) is 18.0. The molecule has 0 aliphatic rings. The van der Waals surface area contributed by atoms with Crippen LogP contribution in [0, 0.1) is 12.8 Å². The molecule has 0 radical (unpaired) electrons. The Morgan fingerprint density at radius 3 is 2.40 bits per heavy atom. The predicted octanol–water partition coefficient (Wildman–Crippen LogP) is 2.97. The molecule has 0 unspecified atom stereocenters. The van der Waals surface area contributed by atoms with Gasteiger partial charge >= 0.3 is 0 Å². The van der Waals surface area contributed by atoms with Crippen molar-refractivity contribution in [3.05, 3.63) is 70.3 Å². The van der Waals surface area contributed by atoms with E-state index in [0.29, 0.717) is 11.3 Å². The smallest absolute Gasteiger partial charge is 0.266 e. The van der Waals surface area contributed by atoms with Gasteiger partial charge in [-0.05, 0) is 38.1 Å². The fourth-order valence-electron chi connectivity index (χ4n) is 2.98. The number of para-hydroxylation sites is 1. The van der Waals surface area contributed by atoms with E-state index in [-0.39, 0.29) is 11.6 Å². The summed E-state index contributed by atoms with van der Waals surface area (Å²) in [5.74, 6) is 1.38. The summed E-state index contributed by atoms with van der Waals surface area (Å²) >= 11 is 0.